The highest BCUT2D eigenvalue weighted by atomic mass is 35.5. The Kier molecular flexibility index (Phi) is 8.45. The van der Waals surface area contributed by atoms with Crippen molar-refractivity contribution in [2.75, 3.05) is 20.1 Å². The van der Waals surface area contributed by atoms with Crippen LogP contribution in [0.1, 0.15) is 38.5 Å². The summed E-state index contributed by atoms with van der Waals surface area (Å²) in [6.45, 7) is 0.864. The smallest absolute Gasteiger partial charge is 0.336 e. The van der Waals surface area contributed by atoms with Crippen LogP contribution in [-0.4, -0.2) is 48.2 Å². The van der Waals surface area contributed by atoms with Crippen molar-refractivity contribution >= 4 is 35.4 Å². The van der Waals surface area contributed by atoms with Gasteiger partial charge in [-0.3, -0.25) is 9.69 Å². The minimum atomic E-state index is -4.77. The van der Waals surface area contributed by atoms with Crippen LogP contribution < -0.4 is 0 Å². The fourth-order valence-electron chi connectivity index (χ4n) is 4.82. The largest absolute Gasteiger partial charge is 0.419 e. The maximum atomic E-state index is 14.2. The Morgan fingerprint density at radius 1 is 1.00 bits per heavy atom. The van der Waals surface area contributed by atoms with E-state index in [1.54, 1.807) is 48.3 Å². The molecule has 0 N–H and O–H groups in total. The molecule has 3 aromatic carbocycles. The van der Waals surface area contributed by atoms with E-state index in [9.17, 15) is 27.2 Å². The second-order valence-corrected chi connectivity index (χ2v) is 10.2. The molecule has 1 fully saturated rings. The predicted octanol–water partition coefficient (Wildman–Crippen LogP) is 6.63. The lowest BCUT2D eigenvalue weighted by atomic mass is 9.93. The molecule has 1 amide bonds. The zero-order valence-electron chi connectivity index (χ0n) is 20.3. The zero-order chi connectivity index (χ0) is 27.6. The lowest BCUT2D eigenvalue weighted by molar-refractivity contribution is -0.140. The van der Waals surface area contributed by atoms with Gasteiger partial charge in [0, 0.05) is 43.6 Å². The normalized spacial score (nSPS) is 17.7. The van der Waals surface area contributed by atoms with E-state index in [1.165, 1.54) is 6.07 Å². The first-order valence-electron chi connectivity index (χ1n) is 11.8. The zero-order valence-corrected chi connectivity index (χ0v) is 21.8. The van der Waals surface area contributed by atoms with Crippen LogP contribution in [0.25, 0.3) is 0 Å². The van der Waals surface area contributed by atoms with Gasteiger partial charge in [-0.1, -0.05) is 47.5 Å². The number of carbonyl (C=O) groups excluding carboxylic acids is 2. The first kappa shape index (κ1) is 28.1. The Morgan fingerprint density at radius 2 is 1.68 bits per heavy atom. The number of halogens is 6. The fourth-order valence-corrected chi connectivity index (χ4v) is 5.13. The number of nitrogens with zero attached hydrogens (tertiary/aromatic N) is 2. The third kappa shape index (κ3) is 6.20. The van der Waals surface area contributed by atoms with Gasteiger partial charge in [-0.25, -0.2) is 4.39 Å². The van der Waals surface area contributed by atoms with Gasteiger partial charge >= 0.3 is 6.18 Å². The van der Waals surface area contributed by atoms with Gasteiger partial charge in [0.2, 0.25) is 0 Å². The number of hydrogen-bond donors (Lipinski definition) is 0. The number of benzene rings is 3. The first-order chi connectivity index (χ1) is 18.0. The fraction of sp³-hybridized carbons (Fsp3) is 0.286. The third-order valence-corrected chi connectivity index (χ3v) is 7.54. The average Bonchev–Trinajstić information content (AvgIpc) is 3.31. The molecule has 0 aliphatic carbocycles. The van der Waals surface area contributed by atoms with Crippen molar-refractivity contribution in [3.63, 3.8) is 0 Å². The lowest BCUT2D eigenvalue weighted by Crippen LogP contribution is -2.38. The Hall–Kier alpha value is -2.94. The van der Waals surface area contributed by atoms with Gasteiger partial charge in [-0.15, -0.1) is 0 Å². The molecule has 0 bridgehead atoms. The van der Waals surface area contributed by atoms with Crippen LogP contribution in [0, 0.1) is 5.82 Å². The van der Waals surface area contributed by atoms with Gasteiger partial charge in [0.15, 0.2) is 0 Å². The van der Waals surface area contributed by atoms with Gasteiger partial charge in [-0.2, -0.15) is 13.2 Å². The van der Waals surface area contributed by atoms with Crippen LogP contribution in [0.2, 0.25) is 10.0 Å². The summed E-state index contributed by atoms with van der Waals surface area (Å²) < 4.78 is 53.1. The summed E-state index contributed by atoms with van der Waals surface area (Å²) in [6, 6.07) is 14.7. The number of likely N-dealkylation sites (N-methyl/N-ethyl adjacent to an activating group) is 1. The molecule has 10 heteroatoms. The molecule has 1 heterocycles. The molecule has 0 spiro atoms. The molecule has 0 aromatic heterocycles. The number of likely N-dealkylation sites (tertiary alicyclic amines) is 1. The number of amides is 1. The topological polar surface area (TPSA) is 40.6 Å². The third-order valence-electron chi connectivity index (χ3n) is 6.80. The summed E-state index contributed by atoms with van der Waals surface area (Å²) in [6.07, 6.45) is -3.72. The van der Waals surface area contributed by atoms with E-state index in [-0.39, 0.29) is 30.8 Å². The Bertz CT molecular complexity index is 1330. The predicted molar refractivity (Wildman–Crippen MR) is 138 cm³/mol. The molecule has 0 radical (unpaired) electrons. The Labute approximate surface area is 227 Å². The molecule has 3 aromatic rings. The minimum Gasteiger partial charge on any atom is -0.336 e. The highest BCUT2D eigenvalue weighted by molar-refractivity contribution is 6.42. The number of aldehydes is 1. The molecule has 0 unspecified atom stereocenters. The molecule has 2 atom stereocenters. The summed E-state index contributed by atoms with van der Waals surface area (Å²) in [5.41, 5.74) is 1.19. The second kappa shape index (κ2) is 11.4. The van der Waals surface area contributed by atoms with Crippen molar-refractivity contribution in [2.24, 2.45) is 0 Å². The number of hydrogen-bond acceptors (Lipinski definition) is 3. The number of carbonyl (C=O) groups is 2. The SMILES string of the molecule is CN(Cc1ccc(C(F)(F)F)c(F)c1)[C@@H]1CN(C(=O)c2ccc(CC=O)cc2)C[C@@H]1c1ccc(Cl)c(Cl)c1. The van der Waals surface area contributed by atoms with E-state index in [4.69, 9.17) is 23.2 Å². The first-order valence-corrected chi connectivity index (χ1v) is 12.6. The molecule has 1 aliphatic rings. The highest BCUT2D eigenvalue weighted by Crippen LogP contribution is 2.36. The van der Waals surface area contributed by atoms with E-state index >= 15 is 0 Å². The van der Waals surface area contributed by atoms with Gasteiger partial charge in [0.1, 0.15) is 12.1 Å². The van der Waals surface area contributed by atoms with Crippen molar-refractivity contribution in [1.29, 1.82) is 0 Å². The van der Waals surface area contributed by atoms with Gasteiger partial charge in [0.25, 0.3) is 5.91 Å². The van der Waals surface area contributed by atoms with Gasteiger partial charge in [0.05, 0.1) is 15.6 Å². The summed E-state index contributed by atoms with van der Waals surface area (Å²) in [5.74, 6) is -1.71. The van der Waals surface area contributed by atoms with E-state index < -0.39 is 17.6 Å². The summed E-state index contributed by atoms with van der Waals surface area (Å²) >= 11 is 12.4. The average molecular weight is 567 g/mol. The Balaban J connectivity index is 1.59. The molecular formula is C28H24Cl2F4N2O2. The van der Waals surface area contributed by atoms with Crippen LogP contribution >= 0.6 is 23.2 Å². The summed E-state index contributed by atoms with van der Waals surface area (Å²) in [4.78, 5) is 27.7. The van der Waals surface area contributed by atoms with Crippen LogP contribution in [0.5, 0.6) is 0 Å². The van der Waals surface area contributed by atoms with E-state index in [0.717, 1.165) is 29.5 Å². The summed E-state index contributed by atoms with van der Waals surface area (Å²) in [7, 11) is 1.78. The molecular weight excluding hydrogens is 543 g/mol. The van der Waals surface area contributed by atoms with Crippen molar-refractivity contribution in [2.45, 2.75) is 31.1 Å². The lowest BCUT2D eigenvalue weighted by Gasteiger charge is -2.29. The summed E-state index contributed by atoms with van der Waals surface area (Å²) in [5, 5.41) is 0.757. The second-order valence-electron chi connectivity index (χ2n) is 9.35. The monoisotopic (exact) mass is 566 g/mol. The quantitative estimate of drug-likeness (QED) is 0.238. The van der Waals surface area contributed by atoms with Crippen LogP contribution in [0.3, 0.4) is 0 Å². The van der Waals surface area contributed by atoms with E-state index in [1.807, 2.05) is 11.0 Å². The van der Waals surface area contributed by atoms with Crippen molar-refractivity contribution in [3.05, 3.63) is 104 Å². The van der Waals surface area contributed by atoms with Crippen molar-refractivity contribution < 1.29 is 27.2 Å². The van der Waals surface area contributed by atoms with E-state index in [0.29, 0.717) is 34.3 Å². The van der Waals surface area contributed by atoms with Gasteiger partial charge in [-0.05, 0) is 60.1 Å². The Morgan fingerprint density at radius 3 is 2.29 bits per heavy atom. The number of rotatable bonds is 7. The maximum absolute atomic E-state index is 14.2. The molecule has 4 nitrogen and oxygen atoms in total. The van der Waals surface area contributed by atoms with Crippen LogP contribution in [-0.2, 0) is 23.9 Å². The maximum Gasteiger partial charge on any atom is 0.419 e. The molecule has 200 valence electrons. The molecule has 4 rings (SSSR count). The molecule has 0 saturated carbocycles. The van der Waals surface area contributed by atoms with Crippen LogP contribution in [0.15, 0.2) is 60.7 Å². The van der Waals surface area contributed by atoms with Crippen molar-refractivity contribution in [1.82, 2.24) is 9.80 Å². The van der Waals surface area contributed by atoms with E-state index in [2.05, 4.69) is 0 Å². The molecule has 38 heavy (non-hydrogen) atoms. The van der Waals surface area contributed by atoms with Crippen molar-refractivity contribution in [3.8, 4) is 0 Å². The molecule has 1 saturated heterocycles. The minimum absolute atomic E-state index is 0.167. The number of alkyl halides is 3. The molecule has 1 aliphatic heterocycles. The standard InChI is InChI=1S/C28H24Cl2F4N2O2/c1-35(14-18-4-8-22(25(31)12-18)28(32,33)34)26-16-36(15-21(26)20-7-9-23(29)24(30)13-20)27(38)19-5-2-17(3-6-19)10-11-37/h2-9,11-13,21,26H,10,14-16H2,1H3/t21-,26-/m1/s1. The van der Waals surface area contributed by atoms with Gasteiger partial charge < -0.3 is 9.69 Å². The highest BCUT2D eigenvalue weighted by Gasteiger charge is 2.39. The van der Waals surface area contributed by atoms with Crippen LogP contribution in [0.4, 0.5) is 17.6 Å².